The molecule has 0 aromatic heterocycles. The van der Waals surface area contributed by atoms with Crippen LogP contribution in [0.25, 0.3) is 0 Å². The van der Waals surface area contributed by atoms with Crippen molar-refractivity contribution < 1.29 is 9.90 Å². The molecule has 0 aliphatic carbocycles. The molecule has 0 amide bonds. The van der Waals surface area contributed by atoms with E-state index in [0.29, 0.717) is 6.42 Å². The van der Waals surface area contributed by atoms with E-state index in [4.69, 9.17) is 5.11 Å². The monoisotopic (exact) mass is 177 g/mol. The zero-order valence-corrected chi connectivity index (χ0v) is 7.66. The van der Waals surface area contributed by atoms with E-state index in [2.05, 4.69) is 6.92 Å². The molecule has 0 aliphatic rings. The van der Waals surface area contributed by atoms with E-state index in [1.54, 1.807) is 6.92 Å². The third kappa shape index (κ3) is 2.58. The number of benzene rings is 1. The van der Waals surface area contributed by atoms with Crippen LogP contribution >= 0.6 is 0 Å². The van der Waals surface area contributed by atoms with Crippen LogP contribution in [-0.4, -0.2) is 11.1 Å². The third-order valence-electron chi connectivity index (χ3n) is 1.95. The van der Waals surface area contributed by atoms with Crippen molar-refractivity contribution in [3.05, 3.63) is 42.8 Å². The molecule has 1 rings (SSSR count). The SMILES string of the molecule is [CH2]C(C)(Cc1ccccc1)C(=O)O. The molecular weight excluding hydrogens is 164 g/mol. The van der Waals surface area contributed by atoms with E-state index in [9.17, 15) is 4.79 Å². The van der Waals surface area contributed by atoms with Gasteiger partial charge in [0, 0.05) is 0 Å². The maximum Gasteiger partial charge on any atom is 0.309 e. The summed E-state index contributed by atoms with van der Waals surface area (Å²) in [6.07, 6.45) is 0.461. The largest absolute Gasteiger partial charge is 0.481 e. The molecule has 0 saturated heterocycles. The minimum Gasteiger partial charge on any atom is -0.481 e. The molecule has 2 heteroatoms. The molecule has 0 saturated carbocycles. The molecule has 0 spiro atoms. The first-order chi connectivity index (χ1) is 6.02. The molecule has 69 valence electrons. The Morgan fingerprint density at radius 2 is 2.00 bits per heavy atom. The quantitative estimate of drug-likeness (QED) is 0.768. The number of hydrogen-bond acceptors (Lipinski definition) is 1. The number of carboxylic acid groups (broad SMARTS) is 1. The molecule has 0 bridgehead atoms. The van der Waals surface area contributed by atoms with E-state index >= 15 is 0 Å². The van der Waals surface area contributed by atoms with Gasteiger partial charge in [-0.15, -0.1) is 0 Å². The van der Waals surface area contributed by atoms with Crippen molar-refractivity contribution in [2.24, 2.45) is 5.41 Å². The molecule has 2 nitrogen and oxygen atoms in total. The summed E-state index contributed by atoms with van der Waals surface area (Å²) in [7, 11) is 0. The van der Waals surface area contributed by atoms with Gasteiger partial charge in [0.05, 0.1) is 5.41 Å². The number of hydrogen-bond donors (Lipinski definition) is 1. The summed E-state index contributed by atoms with van der Waals surface area (Å²) in [6, 6.07) is 9.52. The fourth-order valence-electron chi connectivity index (χ4n) is 1.12. The zero-order chi connectivity index (χ0) is 9.90. The molecule has 1 aromatic rings. The van der Waals surface area contributed by atoms with Gasteiger partial charge in [-0.1, -0.05) is 30.3 Å². The number of carbonyl (C=O) groups is 1. The first-order valence-electron chi connectivity index (χ1n) is 4.15. The van der Waals surface area contributed by atoms with Crippen LogP contribution in [0, 0.1) is 12.3 Å². The molecule has 1 unspecified atom stereocenters. The average molecular weight is 177 g/mol. The highest BCUT2D eigenvalue weighted by molar-refractivity contribution is 5.75. The van der Waals surface area contributed by atoms with E-state index in [0.717, 1.165) is 5.56 Å². The van der Waals surface area contributed by atoms with Crippen molar-refractivity contribution in [3.63, 3.8) is 0 Å². The van der Waals surface area contributed by atoms with Crippen molar-refractivity contribution in [1.82, 2.24) is 0 Å². The minimum atomic E-state index is -0.929. The Bertz CT molecular complexity index is 288. The van der Waals surface area contributed by atoms with Crippen LogP contribution in [0.15, 0.2) is 30.3 Å². The Balaban J connectivity index is 2.75. The first-order valence-corrected chi connectivity index (χ1v) is 4.15. The predicted octanol–water partition coefficient (Wildman–Crippen LogP) is 2.15. The third-order valence-corrected chi connectivity index (χ3v) is 1.95. The van der Waals surface area contributed by atoms with E-state index in [1.807, 2.05) is 30.3 Å². The van der Waals surface area contributed by atoms with E-state index < -0.39 is 11.4 Å². The Kier molecular flexibility index (Phi) is 2.71. The van der Waals surface area contributed by atoms with Crippen LogP contribution in [0.1, 0.15) is 12.5 Å². The highest BCUT2D eigenvalue weighted by Gasteiger charge is 2.27. The van der Waals surface area contributed by atoms with Crippen molar-refractivity contribution in [1.29, 1.82) is 0 Å². The predicted molar refractivity (Wildman–Crippen MR) is 51.2 cm³/mol. The fraction of sp³-hybridized carbons (Fsp3) is 0.273. The van der Waals surface area contributed by atoms with Gasteiger partial charge in [-0.25, -0.2) is 0 Å². The Morgan fingerprint density at radius 1 is 1.46 bits per heavy atom. The van der Waals surface area contributed by atoms with Crippen LogP contribution < -0.4 is 0 Å². The highest BCUT2D eigenvalue weighted by atomic mass is 16.4. The molecular formula is C11H13O2. The maximum absolute atomic E-state index is 10.8. The number of carboxylic acids is 1. The highest BCUT2D eigenvalue weighted by Crippen LogP contribution is 2.21. The molecule has 1 aromatic carbocycles. The first kappa shape index (κ1) is 9.78. The standard InChI is InChI=1S/C11H13O2/c1-11(2,10(12)13)8-9-6-4-3-5-7-9/h3-7H,1,8H2,2H3,(H,12,13). The topological polar surface area (TPSA) is 37.3 Å². The molecule has 1 radical (unpaired) electrons. The minimum absolute atomic E-state index is 0.461. The molecule has 0 aliphatic heterocycles. The second-order valence-electron chi connectivity index (χ2n) is 3.53. The summed E-state index contributed by atoms with van der Waals surface area (Å²) >= 11 is 0. The van der Waals surface area contributed by atoms with Crippen molar-refractivity contribution >= 4 is 5.97 Å². The van der Waals surface area contributed by atoms with Crippen LogP contribution in [0.5, 0.6) is 0 Å². The molecule has 0 fully saturated rings. The number of aliphatic carboxylic acids is 1. The fourth-order valence-corrected chi connectivity index (χ4v) is 1.12. The Labute approximate surface area is 78.2 Å². The van der Waals surface area contributed by atoms with Gasteiger partial charge in [-0.05, 0) is 25.8 Å². The summed E-state index contributed by atoms with van der Waals surface area (Å²) in [5.41, 5.74) is 0.0730. The van der Waals surface area contributed by atoms with Crippen LogP contribution in [0.2, 0.25) is 0 Å². The van der Waals surface area contributed by atoms with Gasteiger partial charge < -0.3 is 5.11 Å². The zero-order valence-electron chi connectivity index (χ0n) is 7.66. The van der Waals surface area contributed by atoms with Gasteiger partial charge in [0.25, 0.3) is 0 Å². The summed E-state index contributed by atoms with van der Waals surface area (Å²) in [5, 5.41) is 8.84. The lowest BCUT2D eigenvalue weighted by atomic mass is 9.86. The lowest BCUT2D eigenvalue weighted by molar-refractivity contribution is -0.145. The van der Waals surface area contributed by atoms with Gasteiger partial charge in [0.1, 0.15) is 0 Å². The van der Waals surface area contributed by atoms with Gasteiger partial charge in [-0.2, -0.15) is 0 Å². The molecule has 1 atom stereocenters. The van der Waals surface area contributed by atoms with Gasteiger partial charge in [-0.3, -0.25) is 4.79 Å². The van der Waals surface area contributed by atoms with Crippen molar-refractivity contribution in [2.45, 2.75) is 13.3 Å². The van der Waals surface area contributed by atoms with E-state index in [1.165, 1.54) is 0 Å². The molecule has 13 heavy (non-hydrogen) atoms. The second kappa shape index (κ2) is 3.60. The summed E-state index contributed by atoms with van der Waals surface area (Å²) in [5.74, 6) is -0.864. The van der Waals surface area contributed by atoms with E-state index in [-0.39, 0.29) is 0 Å². The lowest BCUT2D eigenvalue weighted by Gasteiger charge is -2.18. The van der Waals surface area contributed by atoms with Crippen molar-refractivity contribution in [2.75, 3.05) is 0 Å². The second-order valence-corrected chi connectivity index (χ2v) is 3.53. The van der Waals surface area contributed by atoms with Crippen LogP contribution in [-0.2, 0) is 11.2 Å². The van der Waals surface area contributed by atoms with Crippen LogP contribution in [0.3, 0.4) is 0 Å². The Morgan fingerprint density at radius 3 is 2.46 bits per heavy atom. The van der Waals surface area contributed by atoms with Crippen molar-refractivity contribution in [3.8, 4) is 0 Å². The molecule has 0 heterocycles. The maximum atomic E-state index is 10.8. The summed E-state index contributed by atoms with van der Waals surface area (Å²) in [4.78, 5) is 10.8. The summed E-state index contributed by atoms with van der Waals surface area (Å²) < 4.78 is 0. The Hall–Kier alpha value is -1.31. The molecule has 1 N–H and O–H groups in total. The average Bonchev–Trinajstić information content (AvgIpc) is 2.05. The van der Waals surface area contributed by atoms with Gasteiger partial charge >= 0.3 is 5.97 Å². The smallest absolute Gasteiger partial charge is 0.309 e. The normalized spacial score (nSPS) is 11.2. The number of rotatable bonds is 3. The van der Waals surface area contributed by atoms with Gasteiger partial charge in [0.15, 0.2) is 0 Å². The lowest BCUT2D eigenvalue weighted by Crippen LogP contribution is -2.26. The van der Waals surface area contributed by atoms with Crippen LogP contribution in [0.4, 0.5) is 0 Å². The summed E-state index contributed by atoms with van der Waals surface area (Å²) in [6.45, 7) is 5.29. The van der Waals surface area contributed by atoms with Gasteiger partial charge in [0.2, 0.25) is 0 Å².